The Labute approximate surface area is 144 Å². The maximum absolute atomic E-state index is 13.3. The normalized spacial score (nSPS) is 18.0. The number of carbonyl (C=O) groups is 2. The molecule has 0 bridgehead atoms. The lowest BCUT2D eigenvalue weighted by atomic mass is 10.2. The monoisotopic (exact) mass is 371 g/mol. The molecule has 1 amide bonds. The SMILES string of the molecule is CN(Cc1ccc(F)cc1S(C)(=O)=O)C(=O)C=C1OC(C)(C)OC1=O. The molecule has 1 fully saturated rings. The minimum atomic E-state index is -3.67. The molecule has 0 unspecified atom stereocenters. The third kappa shape index (κ3) is 4.56. The highest BCUT2D eigenvalue weighted by atomic mass is 32.2. The summed E-state index contributed by atoms with van der Waals surface area (Å²) in [4.78, 5) is 24.8. The lowest BCUT2D eigenvalue weighted by Gasteiger charge is -2.18. The van der Waals surface area contributed by atoms with E-state index in [-0.39, 0.29) is 22.8 Å². The molecule has 0 spiro atoms. The zero-order valence-corrected chi connectivity index (χ0v) is 15.0. The molecule has 0 N–H and O–H groups in total. The van der Waals surface area contributed by atoms with Crippen LogP contribution in [-0.4, -0.2) is 44.3 Å². The predicted octanol–water partition coefficient (Wildman–Crippen LogP) is 1.38. The van der Waals surface area contributed by atoms with Gasteiger partial charge in [0.25, 0.3) is 5.91 Å². The number of sulfone groups is 1. The van der Waals surface area contributed by atoms with E-state index in [0.29, 0.717) is 0 Å². The quantitative estimate of drug-likeness (QED) is 0.587. The molecule has 0 radical (unpaired) electrons. The topological polar surface area (TPSA) is 90.0 Å². The van der Waals surface area contributed by atoms with Crippen molar-refractivity contribution in [3.05, 3.63) is 41.4 Å². The number of likely N-dealkylation sites (N-methyl/N-ethyl adjacent to an activating group) is 1. The van der Waals surface area contributed by atoms with Crippen molar-refractivity contribution < 1.29 is 31.9 Å². The maximum atomic E-state index is 13.3. The molecule has 136 valence electrons. The molecule has 0 atom stereocenters. The van der Waals surface area contributed by atoms with Gasteiger partial charge in [-0.2, -0.15) is 0 Å². The van der Waals surface area contributed by atoms with Crippen LogP contribution in [-0.2, 0) is 35.4 Å². The molecule has 0 saturated carbocycles. The van der Waals surface area contributed by atoms with Gasteiger partial charge in [0.15, 0.2) is 9.84 Å². The summed E-state index contributed by atoms with van der Waals surface area (Å²) in [5.74, 6) is -3.42. The van der Waals surface area contributed by atoms with Gasteiger partial charge in [-0.05, 0) is 17.7 Å². The number of amides is 1. The van der Waals surface area contributed by atoms with Crippen LogP contribution < -0.4 is 0 Å². The Kier molecular flexibility index (Phi) is 4.90. The molecule has 1 aromatic rings. The maximum Gasteiger partial charge on any atom is 0.377 e. The number of benzene rings is 1. The van der Waals surface area contributed by atoms with Crippen molar-refractivity contribution in [1.82, 2.24) is 4.90 Å². The molecule has 0 aliphatic carbocycles. The minimum Gasteiger partial charge on any atom is -0.445 e. The number of esters is 1. The van der Waals surface area contributed by atoms with Crippen LogP contribution in [0.5, 0.6) is 0 Å². The van der Waals surface area contributed by atoms with Gasteiger partial charge in [0.05, 0.1) is 11.0 Å². The van der Waals surface area contributed by atoms with E-state index in [1.165, 1.54) is 31.9 Å². The standard InChI is InChI=1S/C16H18FNO6S/c1-16(2)23-12(15(20)24-16)8-14(19)18(3)9-10-5-6-11(17)7-13(10)25(4,21)22/h5-8H,9H2,1-4H3. The highest BCUT2D eigenvalue weighted by Crippen LogP contribution is 2.26. The van der Waals surface area contributed by atoms with E-state index >= 15 is 0 Å². The van der Waals surface area contributed by atoms with Crippen molar-refractivity contribution >= 4 is 21.7 Å². The smallest absolute Gasteiger partial charge is 0.377 e. The first-order valence-electron chi connectivity index (χ1n) is 7.27. The van der Waals surface area contributed by atoms with Crippen LogP contribution >= 0.6 is 0 Å². The van der Waals surface area contributed by atoms with Crippen molar-refractivity contribution in [3.63, 3.8) is 0 Å². The Bertz CT molecular complexity index is 859. The van der Waals surface area contributed by atoms with Gasteiger partial charge in [0, 0.05) is 33.7 Å². The Morgan fingerprint density at radius 2 is 1.96 bits per heavy atom. The van der Waals surface area contributed by atoms with Crippen LogP contribution in [0, 0.1) is 5.82 Å². The molecule has 1 aromatic carbocycles. The first-order chi connectivity index (χ1) is 11.4. The molecule has 25 heavy (non-hydrogen) atoms. The van der Waals surface area contributed by atoms with Gasteiger partial charge in [-0.1, -0.05) is 6.07 Å². The summed E-state index contributed by atoms with van der Waals surface area (Å²) in [5, 5.41) is 0. The van der Waals surface area contributed by atoms with Gasteiger partial charge < -0.3 is 14.4 Å². The fourth-order valence-electron chi connectivity index (χ4n) is 2.25. The number of ether oxygens (including phenoxy) is 2. The summed E-state index contributed by atoms with van der Waals surface area (Å²) in [6, 6.07) is 3.31. The lowest BCUT2D eigenvalue weighted by molar-refractivity contribution is -0.159. The van der Waals surface area contributed by atoms with E-state index in [9.17, 15) is 22.4 Å². The summed E-state index contributed by atoms with van der Waals surface area (Å²) in [7, 11) is -2.25. The van der Waals surface area contributed by atoms with Gasteiger partial charge in [0.1, 0.15) is 5.82 Å². The first kappa shape index (κ1) is 18.9. The van der Waals surface area contributed by atoms with E-state index in [2.05, 4.69) is 0 Å². The molecule has 9 heteroatoms. The predicted molar refractivity (Wildman–Crippen MR) is 85.3 cm³/mol. The van der Waals surface area contributed by atoms with Crippen molar-refractivity contribution in [2.75, 3.05) is 13.3 Å². The van der Waals surface area contributed by atoms with Gasteiger partial charge in [-0.25, -0.2) is 17.6 Å². The van der Waals surface area contributed by atoms with E-state index in [1.54, 1.807) is 0 Å². The van der Waals surface area contributed by atoms with E-state index in [0.717, 1.165) is 24.5 Å². The average molecular weight is 371 g/mol. The molecule has 1 aliphatic heterocycles. The number of rotatable bonds is 4. The second kappa shape index (κ2) is 6.47. The zero-order valence-electron chi connectivity index (χ0n) is 14.2. The Hall–Kier alpha value is -2.42. The van der Waals surface area contributed by atoms with Crippen molar-refractivity contribution in [2.24, 2.45) is 0 Å². The number of nitrogens with zero attached hydrogens (tertiary/aromatic N) is 1. The first-order valence-corrected chi connectivity index (χ1v) is 9.16. The Morgan fingerprint density at radius 3 is 2.48 bits per heavy atom. The number of hydrogen-bond acceptors (Lipinski definition) is 6. The molecule has 1 saturated heterocycles. The number of carbonyl (C=O) groups excluding carboxylic acids is 2. The third-order valence-electron chi connectivity index (χ3n) is 3.36. The molecule has 7 nitrogen and oxygen atoms in total. The van der Waals surface area contributed by atoms with Crippen molar-refractivity contribution in [1.29, 1.82) is 0 Å². The van der Waals surface area contributed by atoms with E-state index in [4.69, 9.17) is 9.47 Å². The Morgan fingerprint density at radius 1 is 1.32 bits per heavy atom. The van der Waals surface area contributed by atoms with Crippen LogP contribution in [0.25, 0.3) is 0 Å². The van der Waals surface area contributed by atoms with Crippen LogP contribution in [0.15, 0.2) is 34.9 Å². The fourth-order valence-corrected chi connectivity index (χ4v) is 3.18. The van der Waals surface area contributed by atoms with E-state index < -0.39 is 33.3 Å². The van der Waals surface area contributed by atoms with Crippen molar-refractivity contribution in [2.45, 2.75) is 31.1 Å². The highest BCUT2D eigenvalue weighted by Gasteiger charge is 2.38. The fraction of sp³-hybridized carbons (Fsp3) is 0.375. The van der Waals surface area contributed by atoms with Crippen LogP contribution in [0.3, 0.4) is 0 Å². The van der Waals surface area contributed by atoms with Crippen LogP contribution in [0.4, 0.5) is 4.39 Å². The lowest BCUT2D eigenvalue weighted by Crippen LogP contribution is -2.26. The minimum absolute atomic E-state index is 0.0935. The molecule has 0 aromatic heterocycles. The van der Waals surface area contributed by atoms with Crippen molar-refractivity contribution in [3.8, 4) is 0 Å². The number of cyclic esters (lactones) is 1. The Balaban J connectivity index is 2.22. The van der Waals surface area contributed by atoms with Gasteiger partial charge >= 0.3 is 5.97 Å². The summed E-state index contributed by atoms with van der Waals surface area (Å²) in [5.41, 5.74) is 0.258. The third-order valence-corrected chi connectivity index (χ3v) is 4.54. The molecule has 1 heterocycles. The summed E-state index contributed by atoms with van der Waals surface area (Å²) < 4.78 is 47.1. The second-order valence-corrected chi connectivity index (χ2v) is 8.10. The average Bonchev–Trinajstić information content (AvgIpc) is 2.71. The molecular weight excluding hydrogens is 353 g/mol. The van der Waals surface area contributed by atoms with E-state index in [1.807, 2.05) is 0 Å². The van der Waals surface area contributed by atoms with Crippen LogP contribution in [0.2, 0.25) is 0 Å². The van der Waals surface area contributed by atoms with Gasteiger partial charge in [0.2, 0.25) is 11.5 Å². The summed E-state index contributed by atoms with van der Waals surface area (Å²) in [6.45, 7) is 2.96. The summed E-state index contributed by atoms with van der Waals surface area (Å²) in [6.07, 6.45) is 1.93. The molecular formula is C16H18FNO6S. The summed E-state index contributed by atoms with van der Waals surface area (Å²) >= 11 is 0. The molecule has 2 rings (SSSR count). The zero-order chi connectivity index (χ0) is 19.0. The number of halogens is 1. The van der Waals surface area contributed by atoms with Gasteiger partial charge in [-0.3, -0.25) is 4.79 Å². The highest BCUT2D eigenvalue weighted by molar-refractivity contribution is 7.90. The van der Waals surface area contributed by atoms with Crippen LogP contribution in [0.1, 0.15) is 19.4 Å². The van der Waals surface area contributed by atoms with Gasteiger partial charge in [-0.15, -0.1) is 0 Å². The largest absolute Gasteiger partial charge is 0.445 e. The number of hydrogen-bond donors (Lipinski definition) is 0. The molecule has 1 aliphatic rings. The second-order valence-electron chi connectivity index (χ2n) is 6.12.